The Morgan fingerprint density at radius 3 is 2.88 bits per heavy atom. The summed E-state index contributed by atoms with van der Waals surface area (Å²) >= 11 is 0. The van der Waals surface area contributed by atoms with Gasteiger partial charge in [0.2, 0.25) is 0 Å². The van der Waals surface area contributed by atoms with Crippen molar-refractivity contribution in [2.24, 2.45) is 0 Å². The molecular formula is C12H20N2O2. The zero-order valence-corrected chi connectivity index (χ0v) is 10.2. The third-order valence-electron chi connectivity index (χ3n) is 1.89. The molecule has 0 atom stereocenters. The lowest BCUT2D eigenvalue weighted by molar-refractivity contribution is 0.0552. The van der Waals surface area contributed by atoms with Crippen molar-refractivity contribution in [2.45, 2.75) is 26.9 Å². The van der Waals surface area contributed by atoms with Crippen LogP contribution in [-0.4, -0.2) is 30.8 Å². The molecular weight excluding hydrogens is 204 g/mol. The van der Waals surface area contributed by atoms with Crippen LogP contribution < -0.4 is 10.1 Å². The number of hydrogen-bond acceptors (Lipinski definition) is 4. The Morgan fingerprint density at radius 2 is 2.19 bits per heavy atom. The van der Waals surface area contributed by atoms with E-state index in [-0.39, 0.29) is 6.10 Å². The number of nitrogens with zero attached hydrogens (tertiary/aromatic N) is 1. The lowest BCUT2D eigenvalue weighted by Crippen LogP contribution is -2.11. The molecule has 1 rings (SSSR count). The SMILES string of the molecule is CCNc1cc(OCCOC(C)C)ccn1. The van der Waals surface area contributed by atoms with Gasteiger partial charge in [0.15, 0.2) is 0 Å². The van der Waals surface area contributed by atoms with Crippen molar-refractivity contribution in [1.29, 1.82) is 0 Å². The van der Waals surface area contributed by atoms with E-state index in [1.54, 1.807) is 6.20 Å². The monoisotopic (exact) mass is 224 g/mol. The van der Waals surface area contributed by atoms with Crippen LogP contribution in [0.3, 0.4) is 0 Å². The number of rotatable bonds is 7. The molecule has 4 heteroatoms. The molecule has 1 N–H and O–H groups in total. The highest BCUT2D eigenvalue weighted by Gasteiger charge is 1.98. The summed E-state index contributed by atoms with van der Waals surface area (Å²) in [7, 11) is 0. The first-order chi connectivity index (χ1) is 7.72. The second kappa shape index (κ2) is 7.06. The molecule has 1 aromatic heterocycles. The minimum atomic E-state index is 0.248. The first kappa shape index (κ1) is 12.8. The molecule has 1 heterocycles. The van der Waals surface area contributed by atoms with Gasteiger partial charge in [-0.1, -0.05) is 0 Å². The molecule has 0 aromatic carbocycles. The Balaban J connectivity index is 2.33. The van der Waals surface area contributed by atoms with Crippen molar-refractivity contribution in [3.05, 3.63) is 18.3 Å². The van der Waals surface area contributed by atoms with Crippen molar-refractivity contribution in [3.63, 3.8) is 0 Å². The summed E-state index contributed by atoms with van der Waals surface area (Å²) in [5, 5.41) is 3.13. The van der Waals surface area contributed by atoms with Crippen LogP contribution in [0, 0.1) is 0 Å². The van der Waals surface area contributed by atoms with Gasteiger partial charge in [0.05, 0.1) is 12.7 Å². The Labute approximate surface area is 97.0 Å². The number of ether oxygens (including phenoxy) is 2. The summed E-state index contributed by atoms with van der Waals surface area (Å²) < 4.78 is 10.9. The van der Waals surface area contributed by atoms with Crippen molar-refractivity contribution in [1.82, 2.24) is 4.98 Å². The first-order valence-electron chi connectivity index (χ1n) is 5.66. The molecule has 0 spiro atoms. The molecule has 0 aliphatic rings. The van der Waals surface area contributed by atoms with E-state index in [4.69, 9.17) is 9.47 Å². The van der Waals surface area contributed by atoms with E-state index < -0.39 is 0 Å². The minimum absolute atomic E-state index is 0.248. The fourth-order valence-corrected chi connectivity index (χ4v) is 1.22. The number of nitrogens with one attached hydrogen (secondary N) is 1. The summed E-state index contributed by atoms with van der Waals surface area (Å²) in [5.74, 6) is 1.66. The largest absolute Gasteiger partial charge is 0.491 e. The van der Waals surface area contributed by atoms with Gasteiger partial charge in [-0.25, -0.2) is 4.98 Å². The summed E-state index contributed by atoms with van der Waals surface area (Å²) in [6.45, 7) is 8.08. The molecule has 1 aromatic rings. The molecule has 0 radical (unpaired) electrons. The summed E-state index contributed by atoms with van der Waals surface area (Å²) in [6.07, 6.45) is 1.98. The van der Waals surface area contributed by atoms with Crippen molar-refractivity contribution in [2.75, 3.05) is 25.1 Å². The highest BCUT2D eigenvalue weighted by Crippen LogP contribution is 2.13. The van der Waals surface area contributed by atoms with Crippen LogP contribution in [0.1, 0.15) is 20.8 Å². The van der Waals surface area contributed by atoms with E-state index in [1.165, 1.54) is 0 Å². The molecule has 0 saturated heterocycles. The van der Waals surface area contributed by atoms with Gasteiger partial charge >= 0.3 is 0 Å². The van der Waals surface area contributed by atoms with Gasteiger partial charge in [-0.2, -0.15) is 0 Å². The molecule has 0 saturated carbocycles. The maximum atomic E-state index is 5.54. The Morgan fingerprint density at radius 1 is 1.38 bits per heavy atom. The van der Waals surface area contributed by atoms with Gasteiger partial charge in [-0.15, -0.1) is 0 Å². The minimum Gasteiger partial charge on any atom is -0.491 e. The number of aromatic nitrogens is 1. The first-order valence-corrected chi connectivity index (χ1v) is 5.66. The second-order valence-electron chi connectivity index (χ2n) is 3.68. The van der Waals surface area contributed by atoms with Crippen LogP contribution >= 0.6 is 0 Å². The van der Waals surface area contributed by atoms with E-state index >= 15 is 0 Å². The Kier molecular flexibility index (Phi) is 5.64. The van der Waals surface area contributed by atoms with Crippen LogP contribution in [0.2, 0.25) is 0 Å². The lowest BCUT2D eigenvalue weighted by Gasteiger charge is -2.10. The molecule has 4 nitrogen and oxygen atoms in total. The van der Waals surface area contributed by atoms with E-state index in [2.05, 4.69) is 10.3 Å². The highest BCUT2D eigenvalue weighted by molar-refractivity contribution is 5.40. The predicted octanol–water partition coefficient (Wildman–Crippen LogP) is 2.32. The van der Waals surface area contributed by atoms with Gasteiger partial charge < -0.3 is 14.8 Å². The summed E-state index contributed by atoms with van der Waals surface area (Å²) in [4.78, 5) is 4.16. The van der Waals surface area contributed by atoms with E-state index in [0.29, 0.717) is 13.2 Å². The maximum Gasteiger partial charge on any atom is 0.129 e. The topological polar surface area (TPSA) is 43.4 Å². The van der Waals surface area contributed by atoms with Gasteiger partial charge in [-0.3, -0.25) is 0 Å². The smallest absolute Gasteiger partial charge is 0.129 e. The maximum absolute atomic E-state index is 5.54. The van der Waals surface area contributed by atoms with Crippen molar-refractivity contribution >= 4 is 5.82 Å². The van der Waals surface area contributed by atoms with Crippen LogP contribution in [0.4, 0.5) is 5.82 Å². The van der Waals surface area contributed by atoms with Gasteiger partial charge in [0, 0.05) is 18.8 Å². The van der Waals surface area contributed by atoms with Crippen molar-refractivity contribution < 1.29 is 9.47 Å². The van der Waals surface area contributed by atoms with Crippen molar-refractivity contribution in [3.8, 4) is 5.75 Å². The van der Waals surface area contributed by atoms with Gasteiger partial charge in [0.25, 0.3) is 0 Å². The fourth-order valence-electron chi connectivity index (χ4n) is 1.22. The average Bonchev–Trinajstić information content (AvgIpc) is 2.25. The third kappa shape index (κ3) is 4.98. The Bertz CT molecular complexity index is 303. The highest BCUT2D eigenvalue weighted by atomic mass is 16.5. The normalized spacial score (nSPS) is 10.5. The third-order valence-corrected chi connectivity index (χ3v) is 1.89. The molecule has 0 fully saturated rings. The number of pyridine rings is 1. The molecule has 0 unspecified atom stereocenters. The van der Waals surface area contributed by atoms with E-state index in [1.807, 2.05) is 32.9 Å². The molecule has 90 valence electrons. The molecule has 0 aliphatic heterocycles. The van der Waals surface area contributed by atoms with Crippen LogP contribution in [0.25, 0.3) is 0 Å². The number of hydrogen-bond donors (Lipinski definition) is 1. The standard InChI is InChI=1S/C12H20N2O2/c1-4-13-12-9-11(5-6-14-12)16-8-7-15-10(2)3/h5-6,9-10H,4,7-8H2,1-3H3,(H,13,14). The van der Waals surface area contributed by atoms with Crippen LogP contribution in [0.15, 0.2) is 18.3 Å². The second-order valence-corrected chi connectivity index (χ2v) is 3.68. The van der Waals surface area contributed by atoms with Gasteiger partial charge in [0.1, 0.15) is 18.2 Å². The molecule has 0 bridgehead atoms. The van der Waals surface area contributed by atoms with Crippen LogP contribution in [0.5, 0.6) is 5.75 Å². The molecule has 0 aliphatic carbocycles. The van der Waals surface area contributed by atoms with E-state index in [9.17, 15) is 0 Å². The predicted molar refractivity (Wildman–Crippen MR) is 65.0 cm³/mol. The zero-order chi connectivity index (χ0) is 11.8. The Hall–Kier alpha value is -1.29. The van der Waals surface area contributed by atoms with Gasteiger partial charge in [-0.05, 0) is 26.8 Å². The van der Waals surface area contributed by atoms with Crippen LogP contribution in [-0.2, 0) is 4.74 Å². The quantitative estimate of drug-likeness (QED) is 0.722. The number of anilines is 1. The fraction of sp³-hybridized carbons (Fsp3) is 0.583. The molecule has 16 heavy (non-hydrogen) atoms. The summed E-state index contributed by atoms with van der Waals surface area (Å²) in [5.41, 5.74) is 0. The average molecular weight is 224 g/mol. The summed E-state index contributed by atoms with van der Waals surface area (Å²) in [6, 6.07) is 3.73. The zero-order valence-electron chi connectivity index (χ0n) is 10.2. The van der Waals surface area contributed by atoms with E-state index in [0.717, 1.165) is 18.1 Å². The lowest BCUT2D eigenvalue weighted by atomic mass is 10.4. The molecule has 0 amide bonds.